The van der Waals surface area contributed by atoms with E-state index in [2.05, 4.69) is 0 Å². The Hall–Kier alpha value is -0.860. The van der Waals surface area contributed by atoms with E-state index in [0.717, 1.165) is 19.3 Å². The molecule has 0 unspecified atom stereocenters. The van der Waals surface area contributed by atoms with E-state index in [9.17, 15) is 9.59 Å². The molecule has 0 aromatic rings. The lowest BCUT2D eigenvalue weighted by molar-refractivity contribution is -0.149. The molecule has 3 heteroatoms. The van der Waals surface area contributed by atoms with Gasteiger partial charge in [0.25, 0.3) is 0 Å². The van der Waals surface area contributed by atoms with Crippen LogP contribution in [0.25, 0.3) is 0 Å². The zero-order chi connectivity index (χ0) is 8.97. The first-order valence-corrected chi connectivity index (χ1v) is 4.42. The molecule has 1 aliphatic rings. The molecule has 0 aliphatic heterocycles. The molecule has 0 aromatic heterocycles. The van der Waals surface area contributed by atoms with Crippen LogP contribution in [0.15, 0.2) is 0 Å². The summed E-state index contributed by atoms with van der Waals surface area (Å²) in [6.07, 6.45) is 3.43. The summed E-state index contributed by atoms with van der Waals surface area (Å²) in [6, 6.07) is 0. The quantitative estimate of drug-likeness (QED) is 0.597. The van der Waals surface area contributed by atoms with Gasteiger partial charge in [-0.15, -0.1) is 0 Å². The van der Waals surface area contributed by atoms with Crippen LogP contribution >= 0.6 is 0 Å². The maximum atomic E-state index is 11.2. The molecule has 3 nitrogen and oxygen atoms in total. The summed E-state index contributed by atoms with van der Waals surface area (Å²) in [4.78, 5) is 21.8. The second kappa shape index (κ2) is 4.24. The molecule has 1 fully saturated rings. The monoisotopic (exact) mass is 170 g/mol. The largest absolute Gasteiger partial charge is 0.458 e. The molecule has 0 bridgehead atoms. The Bertz CT molecular complexity index is 182. The first-order chi connectivity index (χ1) is 5.74. The average molecular weight is 170 g/mol. The number of ether oxygens (including phenoxy) is 1. The van der Waals surface area contributed by atoms with Crippen molar-refractivity contribution in [3.8, 4) is 0 Å². The van der Waals surface area contributed by atoms with Gasteiger partial charge in [0.2, 0.25) is 0 Å². The highest BCUT2D eigenvalue weighted by Crippen LogP contribution is 2.26. The van der Waals surface area contributed by atoms with Gasteiger partial charge < -0.3 is 4.74 Å². The fraction of sp³-hybridized carbons (Fsp3) is 0.778. The molecule has 0 aromatic carbocycles. The summed E-state index contributed by atoms with van der Waals surface area (Å²) in [5.74, 6) is -0.0274. The minimum absolute atomic E-state index is 0.0165. The number of carbonyl (C=O) groups excluding carboxylic acids is 2. The Morgan fingerprint density at radius 2 is 2.08 bits per heavy atom. The van der Waals surface area contributed by atoms with E-state index in [1.165, 1.54) is 0 Å². The molecule has 0 spiro atoms. The Morgan fingerprint density at radius 1 is 1.42 bits per heavy atom. The Kier molecular flexibility index (Phi) is 3.26. The van der Waals surface area contributed by atoms with Gasteiger partial charge in [-0.1, -0.05) is 13.3 Å². The van der Waals surface area contributed by atoms with Crippen LogP contribution in [0.5, 0.6) is 0 Å². The second-order valence-corrected chi connectivity index (χ2v) is 3.11. The fourth-order valence-electron chi connectivity index (χ4n) is 1.10. The van der Waals surface area contributed by atoms with Gasteiger partial charge in [0.1, 0.15) is 6.61 Å². The molecule has 1 rings (SSSR count). The van der Waals surface area contributed by atoms with Gasteiger partial charge >= 0.3 is 5.97 Å². The normalized spacial score (nSPS) is 16.8. The summed E-state index contributed by atoms with van der Waals surface area (Å²) in [6.45, 7) is 1.70. The molecule has 0 heterocycles. The van der Waals surface area contributed by atoms with Crippen molar-refractivity contribution >= 4 is 11.8 Å². The van der Waals surface area contributed by atoms with Gasteiger partial charge in [0, 0.05) is 12.3 Å². The minimum Gasteiger partial charge on any atom is -0.458 e. The summed E-state index contributed by atoms with van der Waals surface area (Å²) >= 11 is 0. The lowest BCUT2D eigenvalue weighted by Crippen LogP contribution is -2.26. The van der Waals surface area contributed by atoms with Crippen molar-refractivity contribution in [1.82, 2.24) is 0 Å². The van der Waals surface area contributed by atoms with Crippen LogP contribution in [-0.2, 0) is 14.3 Å². The van der Waals surface area contributed by atoms with Gasteiger partial charge in [0.15, 0.2) is 5.78 Å². The number of rotatable bonds is 4. The van der Waals surface area contributed by atoms with Gasteiger partial charge in [-0.2, -0.15) is 0 Å². The smallest absolute Gasteiger partial charge is 0.305 e. The third kappa shape index (κ3) is 2.32. The van der Waals surface area contributed by atoms with Gasteiger partial charge in [-0.3, -0.25) is 9.59 Å². The summed E-state index contributed by atoms with van der Waals surface area (Å²) < 4.78 is 4.72. The van der Waals surface area contributed by atoms with E-state index in [1.807, 2.05) is 0 Å². The van der Waals surface area contributed by atoms with E-state index in [4.69, 9.17) is 4.74 Å². The SMILES string of the molecule is CCC(=O)OCC(=O)C1CCC1. The van der Waals surface area contributed by atoms with Crippen LogP contribution in [0.1, 0.15) is 32.6 Å². The Labute approximate surface area is 72.1 Å². The zero-order valence-corrected chi connectivity index (χ0v) is 7.34. The van der Waals surface area contributed by atoms with Gasteiger partial charge in [-0.25, -0.2) is 0 Å². The molecule has 0 amide bonds. The first-order valence-electron chi connectivity index (χ1n) is 4.42. The molecular weight excluding hydrogens is 156 g/mol. The van der Waals surface area contributed by atoms with E-state index in [1.54, 1.807) is 6.92 Å². The van der Waals surface area contributed by atoms with Crippen molar-refractivity contribution in [3.63, 3.8) is 0 Å². The molecule has 1 saturated carbocycles. The maximum absolute atomic E-state index is 11.2. The van der Waals surface area contributed by atoms with Gasteiger partial charge in [-0.05, 0) is 12.8 Å². The Balaban J connectivity index is 2.13. The van der Waals surface area contributed by atoms with Gasteiger partial charge in [0.05, 0.1) is 0 Å². The first kappa shape index (κ1) is 9.23. The highest BCUT2D eigenvalue weighted by Gasteiger charge is 2.25. The summed E-state index contributed by atoms with van der Waals surface area (Å²) in [5.41, 5.74) is 0. The third-order valence-corrected chi connectivity index (χ3v) is 2.22. The number of hydrogen-bond acceptors (Lipinski definition) is 3. The maximum Gasteiger partial charge on any atom is 0.305 e. The van der Waals surface area contributed by atoms with E-state index < -0.39 is 0 Å². The molecule has 0 radical (unpaired) electrons. The topological polar surface area (TPSA) is 43.4 Å². The van der Waals surface area contributed by atoms with Crippen LogP contribution in [0.2, 0.25) is 0 Å². The fourth-order valence-corrected chi connectivity index (χ4v) is 1.10. The molecule has 0 saturated heterocycles. The standard InChI is InChI=1S/C9H14O3/c1-2-9(11)12-6-8(10)7-4-3-5-7/h7H,2-6H2,1H3. The van der Waals surface area contributed by atoms with Crippen molar-refractivity contribution in [2.45, 2.75) is 32.6 Å². The zero-order valence-electron chi connectivity index (χ0n) is 7.34. The molecule has 1 aliphatic carbocycles. The highest BCUT2D eigenvalue weighted by atomic mass is 16.5. The van der Waals surface area contributed by atoms with Crippen molar-refractivity contribution in [2.75, 3.05) is 6.61 Å². The van der Waals surface area contributed by atoms with Crippen LogP contribution in [0.3, 0.4) is 0 Å². The second-order valence-electron chi connectivity index (χ2n) is 3.11. The van der Waals surface area contributed by atoms with E-state index in [-0.39, 0.29) is 24.3 Å². The van der Waals surface area contributed by atoms with E-state index in [0.29, 0.717) is 6.42 Å². The third-order valence-electron chi connectivity index (χ3n) is 2.22. The minimum atomic E-state index is -0.289. The van der Waals surface area contributed by atoms with Crippen LogP contribution in [0, 0.1) is 5.92 Å². The molecule has 12 heavy (non-hydrogen) atoms. The average Bonchev–Trinajstić information content (AvgIpc) is 1.97. The van der Waals surface area contributed by atoms with Crippen molar-refractivity contribution in [1.29, 1.82) is 0 Å². The van der Waals surface area contributed by atoms with Crippen molar-refractivity contribution in [3.05, 3.63) is 0 Å². The number of ketones is 1. The van der Waals surface area contributed by atoms with E-state index >= 15 is 0 Å². The molecule has 0 N–H and O–H groups in total. The number of Topliss-reactive ketones (excluding diaryl/α,β-unsaturated/α-hetero) is 1. The number of carbonyl (C=O) groups is 2. The molecular formula is C9H14O3. The predicted octanol–water partition coefficient (Wildman–Crippen LogP) is 1.31. The lowest BCUT2D eigenvalue weighted by atomic mass is 9.82. The highest BCUT2D eigenvalue weighted by molar-refractivity contribution is 5.84. The molecule has 68 valence electrons. The number of esters is 1. The van der Waals surface area contributed by atoms with Crippen LogP contribution < -0.4 is 0 Å². The van der Waals surface area contributed by atoms with Crippen LogP contribution in [0.4, 0.5) is 0 Å². The summed E-state index contributed by atoms with van der Waals surface area (Å²) in [5, 5.41) is 0. The van der Waals surface area contributed by atoms with Crippen molar-refractivity contribution in [2.24, 2.45) is 5.92 Å². The predicted molar refractivity (Wildman–Crippen MR) is 43.6 cm³/mol. The molecule has 0 atom stereocenters. The lowest BCUT2D eigenvalue weighted by Gasteiger charge is -2.23. The Morgan fingerprint density at radius 3 is 2.50 bits per heavy atom. The van der Waals surface area contributed by atoms with Crippen LogP contribution in [-0.4, -0.2) is 18.4 Å². The number of hydrogen-bond donors (Lipinski definition) is 0. The summed E-state index contributed by atoms with van der Waals surface area (Å²) in [7, 11) is 0. The van der Waals surface area contributed by atoms with Crippen molar-refractivity contribution < 1.29 is 14.3 Å².